The predicted molar refractivity (Wildman–Crippen MR) is 60.2 cm³/mol. The molecule has 82 valence electrons. The van der Waals surface area contributed by atoms with Crippen LogP contribution in [0.3, 0.4) is 0 Å². The van der Waals surface area contributed by atoms with Gasteiger partial charge in [-0.2, -0.15) is 0 Å². The Morgan fingerprint density at radius 3 is 2.93 bits per heavy atom. The molecule has 1 amide bonds. The van der Waals surface area contributed by atoms with Crippen molar-refractivity contribution in [2.24, 2.45) is 0 Å². The van der Waals surface area contributed by atoms with Gasteiger partial charge in [-0.3, -0.25) is 4.79 Å². The van der Waals surface area contributed by atoms with Crippen LogP contribution in [0.1, 0.15) is 6.42 Å². The van der Waals surface area contributed by atoms with E-state index in [0.29, 0.717) is 12.2 Å². The monoisotopic (exact) mass is 228 g/mol. The molecule has 1 aromatic rings. The van der Waals surface area contributed by atoms with Crippen LogP contribution < -0.4 is 11.1 Å². The van der Waals surface area contributed by atoms with Gasteiger partial charge in [0.1, 0.15) is 5.82 Å². The van der Waals surface area contributed by atoms with E-state index in [-0.39, 0.29) is 11.6 Å². The molecule has 0 radical (unpaired) electrons. The number of carbonyl (C=O) groups is 1. The van der Waals surface area contributed by atoms with Gasteiger partial charge in [0.15, 0.2) is 0 Å². The zero-order chi connectivity index (χ0) is 11.3. The minimum absolute atomic E-state index is 0.0154. The maximum absolute atomic E-state index is 13.0. The number of hydrogen-bond acceptors (Lipinski definition) is 3. The lowest BCUT2D eigenvalue weighted by Gasteiger charge is -2.02. The molecule has 0 aliphatic heterocycles. The number of hydrogen-bond donors (Lipinski definition) is 2. The third-order valence-corrected chi connectivity index (χ3v) is 2.84. The summed E-state index contributed by atoms with van der Waals surface area (Å²) in [5.74, 6) is 0.196. The van der Waals surface area contributed by atoms with Gasteiger partial charge in [-0.05, 0) is 18.2 Å². The van der Waals surface area contributed by atoms with E-state index in [9.17, 15) is 9.18 Å². The second kappa shape index (κ2) is 5.60. The van der Waals surface area contributed by atoms with Crippen molar-refractivity contribution < 1.29 is 9.18 Å². The maximum atomic E-state index is 13.0. The lowest BCUT2D eigenvalue weighted by Crippen LogP contribution is -2.17. The number of benzene rings is 1. The average molecular weight is 228 g/mol. The summed E-state index contributed by atoms with van der Waals surface area (Å²) in [5, 5.41) is 2.53. The number of amides is 1. The standard InChI is InChI=1S/C10H13FN2OS/c1-13-10(14)4-5-15-7-2-3-9(12)8(11)6-7/h2-3,6H,4-5,12H2,1H3,(H,13,14). The molecule has 0 aliphatic rings. The van der Waals surface area contributed by atoms with E-state index in [1.54, 1.807) is 13.1 Å². The van der Waals surface area contributed by atoms with Gasteiger partial charge in [0.25, 0.3) is 0 Å². The Labute approximate surface area is 92.2 Å². The zero-order valence-electron chi connectivity index (χ0n) is 8.42. The van der Waals surface area contributed by atoms with Crippen LogP contribution in [0, 0.1) is 5.82 Å². The molecule has 0 atom stereocenters. The average Bonchev–Trinajstić information content (AvgIpc) is 2.23. The van der Waals surface area contributed by atoms with Crippen LogP contribution in [0.4, 0.5) is 10.1 Å². The van der Waals surface area contributed by atoms with Crippen LogP contribution in [0.25, 0.3) is 0 Å². The van der Waals surface area contributed by atoms with Crippen molar-refractivity contribution in [2.45, 2.75) is 11.3 Å². The predicted octanol–water partition coefficient (Wildman–Crippen LogP) is 1.64. The topological polar surface area (TPSA) is 55.1 Å². The van der Waals surface area contributed by atoms with Crippen molar-refractivity contribution in [1.82, 2.24) is 5.32 Å². The highest BCUT2D eigenvalue weighted by Gasteiger charge is 2.02. The van der Waals surface area contributed by atoms with Crippen LogP contribution >= 0.6 is 11.8 Å². The summed E-state index contributed by atoms with van der Waals surface area (Å²) in [6.07, 6.45) is 0.424. The normalized spacial score (nSPS) is 10.0. The molecule has 5 heteroatoms. The van der Waals surface area contributed by atoms with Gasteiger partial charge in [0.2, 0.25) is 5.91 Å². The second-order valence-corrected chi connectivity index (χ2v) is 4.12. The first-order valence-corrected chi connectivity index (χ1v) is 5.50. The summed E-state index contributed by atoms with van der Waals surface area (Å²) in [4.78, 5) is 11.7. The van der Waals surface area contributed by atoms with Gasteiger partial charge in [-0.25, -0.2) is 4.39 Å². The Balaban J connectivity index is 2.44. The largest absolute Gasteiger partial charge is 0.396 e. The van der Waals surface area contributed by atoms with Crippen LogP contribution in [0.2, 0.25) is 0 Å². The number of nitrogens with two attached hydrogens (primary N) is 1. The third-order valence-electron chi connectivity index (χ3n) is 1.85. The number of rotatable bonds is 4. The Bertz CT molecular complexity index is 357. The number of halogens is 1. The van der Waals surface area contributed by atoms with E-state index in [0.717, 1.165) is 4.90 Å². The molecular weight excluding hydrogens is 215 g/mol. The Morgan fingerprint density at radius 2 is 2.33 bits per heavy atom. The van der Waals surface area contributed by atoms with Crippen LogP contribution in [0.15, 0.2) is 23.1 Å². The summed E-state index contributed by atoms with van der Waals surface area (Å²) < 4.78 is 13.0. The van der Waals surface area contributed by atoms with Crippen molar-refractivity contribution in [2.75, 3.05) is 18.5 Å². The first-order chi connectivity index (χ1) is 7.13. The van der Waals surface area contributed by atoms with Gasteiger partial charge < -0.3 is 11.1 Å². The van der Waals surface area contributed by atoms with Crippen molar-refractivity contribution in [1.29, 1.82) is 0 Å². The number of nitrogen functional groups attached to an aromatic ring is 1. The smallest absolute Gasteiger partial charge is 0.220 e. The maximum Gasteiger partial charge on any atom is 0.220 e. The van der Waals surface area contributed by atoms with Gasteiger partial charge in [0.05, 0.1) is 5.69 Å². The fourth-order valence-corrected chi connectivity index (χ4v) is 1.86. The van der Waals surface area contributed by atoms with Crippen molar-refractivity contribution in [3.8, 4) is 0 Å². The van der Waals surface area contributed by atoms with Crippen molar-refractivity contribution >= 4 is 23.4 Å². The minimum atomic E-state index is -0.417. The van der Waals surface area contributed by atoms with Gasteiger partial charge in [-0.1, -0.05) is 0 Å². The Morgan fingerprint density at radius 1 is 1.60 bits per heavy atom. The summed E-state index contributed by atoms with van der Waals surface area (Å²) in [7, 11) is 1.59. The van der Waals surface area contributed by atoms with E-state index < -0.39 is 5.82 Å². The van der Waals surface area contributed by atoms with Crippen molar-refractivity contribution in [3.63, 3.8) is 0 Å². The molecule has 0 fully saturated rings. The Kier molecular flexibility index (Phi) is 4.42. The number of anilines is 1. The lowest BCUT2D eigenvalue weighted by atomic mass is 10.3. The summed E-state index contributed by atoms with van der Waals surface area (Å²) in [6.45, 7) is 0. The highest BCUT2D eigenvalue weighted by atomic mass is 32.2. The minimum Gasteiger partial charge on any atom is -0.396 e. The molecule has 0 spiro atoms. The molecule has 0 aliphatic carbocycles. The quantitative estimate of drug-likeness (QED) is 0.608. The lowest BCUT2D eigenvalue weighted by molar-refractivity contribution is -0.120. The van der Waals surface area contributed by atoms with Crippen LogP contribution in [-0.4, -0.2) is 18.7 Å². The number of carbonyl (C=O) groups excluding carboxylic acids is 1. The molecule has 0 saturated heterocycles. The number of thioether (sulfide) groups is 1. The van der Waals surface area contributed by atoms with E-state index in [1.165, 1.54) is 23.9 Å². The van der Waals surface area contributed by atoms with Gasteiger partial charge in [0, 0.05) is 24.1 Å². The second-order valence-electron chi connectivity index (χ2n) is 2.95. The molecule has 1 rings (SSSR count). The Hall–Kier alpha value is -1.23. The van der Waals surface area contributed by atoms with Gasteiger partial charge >= 0.3 is 0 Å². The summed E-state index contributed by atoms with van der Waals surface area (Å²) in [5.41, 5.74) is 5.48. The molecule has 0 aromatic heterocycles. The third kappa shape index (κ3) is 3.79. The van der Waals surface area contributed by atoms with Crippen LogP contribution in [0.5, 0.6) is 0 Å². The molecule has 3 nitrogen and oxygen atoms in total. The fraction of sp³-hybridized carbons (Fsp3) is 0.300. The molecule has 3 N–H and O–H groups in total. The molecule has 15 heavy (non-hydrogen) atoms. The highest BCUT2D eigenvalue weighted by molar-refractivity contribution is 7.99. The summed E-state index contributed by atoms with van der Waals surface area (Å²) in [6, 6.07) is 4.65. The SMILES string of the molecule is CNC(=O)CCSc1ccc(N)c(F)c1. The molecule has 0 bridgehead atoms. The number of nitrogens with one attached hydrogen (secondary N) is 1. The fourth-order valence-electron chi connectivity index (χ4n) is 0.984. The molecule has 1 aromatic carbocycles. The summed E-state index contributed by atoms with van der Waals surface area (Å²) >= 11 is 1.43. The van der Waals surface area contributed by atoms with E-state index in [1.807, 2.05) is 0 Å². The molecule has 0 unspecified atom stereocenters. The van der Waals surface area contributed by atoms with E-state index in [2.05, 4.69) is 5.32 Å². The van der Waals surface area contributed by atoms with E-state index >= 15 is 0 Å². The van der Waals surface area contributed by atoms with Gasteiger partial charge in [-0.15, -0.1) is 11.8 Å². The van der Waals surface area contributed by atoms with Crippen molar-refractivity contribution in [3.05, 3.63) is 24.0 Å². The molecule has 0 heterocycles. The molecule has 0 saturated carbocycles. The zero-order valence-corrected chi connectivity index (χ0v) is 9.23. The highest BCUT2D eigenvalue weighted by Crippen LogP contribution is 2.22. The first kappa shape index (κ1) is 11.8. The van der Waals surface area contributed by atoms with Crippen LogP contribution in [-0.2, 0) is 4.79 Å². The molecular formula is C10H13FN2OS. The first-order valence-electron chi connectivity index (χ1n) is 4.52. The van der Waals surface area contributed by atoms with E-state index in [4.69, 9.17) is 5.73 Å².